The SMILES string of the molecule is CC(=O)N1CCC(C(=O)NCc2ccc(C(F)(F)F)cc2)CC1. The van der Waals surface area contributed by atoms with Gasteiger partial charge in [0.25, 0.3) is 0 Å². The number of halogens is 3. The van der Waals surface area contributed by atoms with Crippen molar-refractivity contribution in [3.8, 4) is 0 Å². The van der Waals surface area contributed by atoms with E-state index < -0.39 is 11.7 Å². The zero-order valence-corrected chi connectivity index (χ0v) is 12.8. The molecule has 0 unspecified atom stereocenters. The van der Waals surface area contributed by atoms with E-state index in [1.165, 1.54) is 19.1 Å². The number of piperidine rings is 1. The summed E-state index contributed by atoms with van der Waals surface area (Å²) < 4.78 is 37.4. The Labute approximate surface area is 132 Å². The first kappa shape index (κ1) is 17.3. The summed E-state index contributed by atoms with van der Waals surface area (Å²) in [5.41, 5.74) is -0.0864. The van der Waals surface area contributed by atoms with Crippen LogP contribution in [-0.4, -0.2) is 29.8 Å². The van der Waals surface area contributed by atoms with Gasteiger partial charge in [-0.3, -0.25) is 9.59 Å². The number of carbonyl (C=O) groups is 2. The lowest BCUT2D eigenvalue weighted by molar-refractivity contribution is -0.137. The van der Waals surface area contributed by atoms with Gasteiger partial charge in [0, 0.05) is 32.5 Å². The summed E-state index contributed by atoms with van der Waals surface area (Å²) in [4.78, 5) is 25.0. The second-order valence-corrected chi connectivity index (χ2v) is 5.69. The van der Waals surface area contributed by atoms with Crippen molar-refractivity contribution in [2.75, 3.05) is 13.1 Å². The monoisotopic (exact) mass is 328 g/mol. The molecule has 1 aliphatic heterocycles. The maximum Gasteiger partial charge on any atom is 0.416 e. The molecule has 0 aliphatic carbocycles. The van der Waals surface area contributed by atoms with Crippen molar-refractivity contribution in [1.82, 2.24) is 10.2 Å². The van der Waals surface area contributed by atoms with Crippen molar-refractivity contribution in [2.45, 2.75) is 32.5 Å². The fourth-order valence-electron chi connectivity index (χ4n) is 2.60. The molecule has 1 aromatic carbocycles. The molecule has 126 valence electrons. The lowest BCUT2D eigenvalue weighted by atomic mass is 9.96. The van der Waals surface area contributed by atoms with Crippen LogP contribution in [0.2, 0.25) is 0 Å². The average Bonchev–Trinajstić information content (AvgIpc) is 2.52. The molecular formula is C16H19F3N2O2. The molecule has 1 heterocycles. The predicted octanol–water partition coefficient (Wildman–Crippen LogP) is 2.58. The zero-order chi connectivity index (χ0) is 17.0. The van der Waals surface area contributed by atoms with Gasteiger partial charge in [-0.05, 0) is 30.5 Å². The van der Waals surface area contributed by atoms with Crippen molar-refractivity contribution in [1.29, 1.82) is 0 Å². The summed E-state index contributed by atoms with van der Waals surface area (Å²) in [7, 11) is 0. The molecular weight excluding hydrogens is 309 g/mol. The molecule has 0 bridgehead atoms. The molecule has 4 nitrogen and oxygen atoms in total. The van der Waals surface area contributed by atoms with Crippen LogP contribution in [0.4, 0.5) is 13.2 Å². The van der Waals surface area contributed by atoms with Gasteiger partial charge in [-0.2, -0.15) is 13.2 Å². The van der Waals surface area contributed by atoms with Gasteiger partial charge >= 0.3 is 6.18 Å². The summed E-state index contributed by atoms with van der Waals surface area (Å²) in [6.45, 7) is 2.83. The average molecular weight is 328 g/mol. The van der Waals surface area contributed by atoms with E-state index >= 15 is 0 Å². The maximum absolute atomic E-state index is 12.5. The number of likely N-dealkylation sites (tertiary alicyclic amines) is 1. The Morgan fingerprint density at radius 2 is 1.74 bits per heavy atom. The number of amides is 2. The fourth-order valence-corrected chi connectivity index (χ4v) is 2.60. The van der Waals surface area contributed by atoms with Crippen LogP contribution in [0.3, 0.4) is 0 Å². The first-order valence-electron chi connectivity index (χ1n) is 7.46. The van der Waals surface area contributed by atoms with Gasteiger partial charge in [-0.15, -0.1) is 0 Å². The van der Waals surface area contributed by atoms with Crippen LogP contribution in [0.1, 0.15) is 30.9 Å². The largest absolute Gasteiger partial charge is 0.416 e. The molecule has 0 saturated carbocycles. The molecule has 1 aromatic rings. The van der Waals surface area contributed by atoms with Gasteiger partial charge in [-0.25, -0.2) is 0 Å². The molecule has 1 N–H and O–H groups in total. The molecule has 1 aliphatic rings. The Morgan fingerprint density at radius 3 is 2.22 bits per heavy atom. The molecule has 2 amide bonds. The summed E-state index contributed by atoms with van der Waals surface area (Å²) in [5.74, 6) is -0.262. The number of hydrogen-bond donors (Lipinski definition) is 1. The molecule has 7 heteroatoms. The number of hydrogen-bond acceptors (Lipinski definition) is 2. The molecule has 1 saturated heterocycles. The van der Waals surface area contributed by atoms with E-state index in [0.717, 1.165) is 12.1 Å². The quantitative estimate of drug-likeness (QED) is 0.927. The zero-order valence-electron chi connectivity index (χ0n) is 12.8. The molecule has 0 atom stereocenters. The van der Waals surface area contributed by atoms with E-state index in [2.05, 4.69) is 5.32 Å². The number of carbonyl (C=O) groups excluding carboxylic acids is 2. The van der Waals surface area contributed by atoms with Gasteiger partial charge in [0.15, 0.2) is 0 Å². The number of rotatable bonds is 3. The van der Waals surface area contributed by atoms with E-state index in [0.29, 0.717) is 31.5 Å². The smallest absolute Gasteiger partial charge is 0.352 e. The highest BCUT2D eigenvalue weighted by atomic mass is 19.4. The molecule has 2 rings (SSSR count). The van der Waals surface area contributed by atoms with Gasteiger partial charge in [0.05, 0.1) is 5.56 Å². The van der Waals surface area contributed by atoms with Crippen LogP contribution < -0.4 is 5.32 Å². The van der Waals surface area contributed by atoms with E-state index in [9.17, 15) is 22.8 Å². The first-order chi connectivity index (χ1) is 10.8. The van der Waals surface area contributed by atoms with E-state index in [1.54, 1.807) is 4.90 Å². The fraction of sp³-hybridized carbons (Fsp3) is 0.500. The number of benzene rings is 1. The van der Waals surface area contributed by atoms with Crippen molar-refractivity contribution in [3.05, 3.63) is 35.4 Å². The molecule has 0 radical (unpaired) electrons. The lowest BCUT2D eigenvalue weighted by Crippen LogP contribution is -2.42. The molecule has 23 heavy (non-hydrogen) atoms. The third-order valence-electron chi connectivity index (χ3n) is 4.06. The minimum atomic E-state index is -4.35. The normalized spacial score (nSPS) is 16.3. The van der Waals surface area contributed by atoms with Crippen LogP contribution in [0.5, 0.6) is 0 Å². The van der Waals surface area contributed by atoms with Crippen LogP contribution in [0.25, 0.3) is 0 Å². The highest BCUT2D eigenvalue weighted by molar-refractivity contribution is 5.79. The standard InChI is InChI=1S/C16H19F3N2O2/c1-11(22)21-8-6-13(7-9-21)15(23)20-10-12-2-4-14(5-3-12)16(17,18)19/h2-5,13H,6-10H2,1H3,(H,20,23). The number of nitrogens with zero attached hydrogens (tertiary/aromatic N) is 1. The predicted molar refractivity (Wildman–Crippen MR) is 78.3 cm³/mol. The maximum atomic E-state index is 12.5. The summed E-state index contributed by atoms with van der Waals surface area (Å²) in [6, 6.07) is 4.74. The van der Waals surface area contributed by atoms with E-state index in [1.807, 2.05) is 0 Å². The van der Waals surface area contributed by atoms with Crippen LogP contribution >= 0.6 is 0 Å². The Balaban J connectivity index is 1.82. The van der Waals surface area contributed by atoms with Crippen molar-refractivity contribution in [3.63, 3.8) is 0 Å². The van der Waals surface area contributed by atoms with E-state index in [4.69, 9.17) is 0 Å². The summed E-state index contributed by atoms with van der Waals surface area (Å²) in [5, 5.41) is 2.75. The third kappa shape index (κ3) is 4.71. The highest BCUT2D eigenvalue weighted by Gasteiger charge is 2.30. The molecule has 0 spiro atoms. The molecule has 0 aromatic heterocycles. The van der Waals surface area contributed by atoms with Gasteiger partial charge in [0.1, 0.15) is 0 Å². The van der Waals surface area contributed by atoms with Gasteiger partial charge < -0.3 is 10.2 Å². The topological polar surface area (TPSA) is 49.4 Å². The summed E-state index contributed by atoms with van der Waals surface area (Å²) >= 11 is 0. The minimum Gasteiger partial charge on any atom is -0.352 e. The van der Waals surface area contributed by atoms with Gasteiger partial charge in [0.2, 0.25) is 11.8 Å². The Kier molecular flexibility index (Phi) is 5.28. The Bertz CT molecular complexity index is 562. The van der Waals surface area contributed by atoms with Crippen molar-refractivity contribution < 1.29 is 22.8 Å². The third-order valence-corrected chi connectivity index (χ3v) is 4.06. The number of nitrogens with one attached hydrogen (secondary N) is 1. The second kappa shape index (κ2) is 7.02. The van der Waals surface area contributed by atoms with Gasteiger partial charge in [-0.1, -0.05) is 12.1 Å². The van der Waals surface area contributed by atoms with Crippen LogP contribution in [0.15, 0.2) is 24.3 Å². The first-order valence-corrected chi connectivity index (χ1v) is 7.46. The Morgan fingerprint density at radius 1 is 1.17 bits per heavy atom. The van der Waals surface area contributed by atoms with Crippen LogP contribution in [0, 0.1) is 5.92 Å². The number of alkyl halides is 3. The second-order valence-electron chi connectivity index (χ2n) is 5.69. The molecule has 1 fully saturated rings. The van der Waals surface area contributed by atoms with Crippen molar-refractivity contribution in [2.24, 2.45) is 5.92 Å². The van der Waals surface area contributed by atoms with Crippen molar-refractivity contribution >= 4 is 11.8 Å². The highest BCUT2D eigenvalue weighted by Crippen LogP contribution is 2.29. The van der Waals surface area contributed by atoms with Crippen LogP contribution in [-0.2, 0) is 22.3 Å². The lowest BCUT2D eigenvalue weighted by Gasteiger charge is -2.30. The van der Waals surface area contributed by atoms with E-state index in [-0.39, 0.29) is 24.3 Å². The summed E-state index contributed by atoms with van der Waals surface area (Å²) in [6.07, 6.45) is -3.14. The Hall–Kier alpha value is -2.05. The minimum absolute atomic E-state index is 0.00797.